The molecule has 0 spiro atoms. The molecule has 0 aliphatic heterocycles. The fourth-order valence-electron chi connectivity index (χ4n) is 2.06. The highest BCUT2D eigenvalue weighted by Gasteiger charge is 2.02. The molecule has 0 amide bonds. The van der Waals surface area contributed by atoms with E-state index in [-0.39, 0.29) is 0 Å². The summed E-state index contributed by atoms with van der Waals surface area (Å²) >= 11 is 1.39. The number of nitrogens with two attached hydrogens (primary N) is 1. The van der Waals surface area contributed by atoms with E-state index in [4.69, 9.17) is 5.73 Å². The number of para-hydroxylation sites is 1. The van der Waals surface area contributed by atoms with Crippen LogP contribution in [-0.2, 0) is 6.42 Å². The molecule has 0 radical (unpaired) electrons. The van der Waals surface area contributed by atoms with Gasteiger partial charge in [-0.2, -0.15) is 4.37 Å². The summed E-state index contributed by atoms with van der Waals surface area (Å²) < 4.78 is 4.04. The lowest BCUT2D eigenvalue weighted by atomic mass is 10.1. The normalized spacial score (nSPS) is 10.7. The summed E-state index contributed by atoms with van der Waals surface area (Å²) in [5, 5.41) is 5.51. The smallest absolute Gasteiger partial charge is 0.139 e. The molecule has 0 unspecified atom stereocenters. The van der Waals surface area contributed by atoms with Crippen LogP contribution in [0, 0.1) is 0 Å². The highest BCUT2D eigenvalue weighted by molar-refractivity contribution is 7.10. The molecule has 3 aromatic rings. The van der Waals surface area contributed by atoms with Gasteiger partial charge in [-0.25, -0.2) is 0 Å². The summed E-state index contributed by atoms with van der Waals surface area (Å²) in [4.78, 5) is 4.45. The maximum Gasteiger partial charge on any atom is 0.139 e. The van der Waals surface area contributed by atoms with Crippen molar-refractivity contribution in [3.63, 3.8) is 0 Å². The molecule has 0 saturated carbocycles. The van der Waals surface area contributed by atoms with Crippen LogP contribution >= 0.6 is 11.5 Å². The van der Waals surface area contributed by atoms with Gasteiger partial charge in [0.15, 0.2) is 0 Å². The Morgan fingerprint density at radius 3 is 2.95 bits per heavy atom. The number of aromatic nitrogens is 2. The van der Waals surface area contributed by atoms with Crippen molar-refractivity contribution in [1.82, 2.24) is 9.36 Å². The molecule has 0 aliphatic carbocycles. The molecule has 0 atom stereocenters. The Morgan fingerprint density at radius 1 is 1.21 bits per heavy atom. The molecule has 1 aromatic carbocycles. The van der Waals surface area contributed by atoms with Crippen molar-refractivity contribution >= 4 is 33.3 Å². The number of fused-ring (bicyclic) bond motifs is 1. The summed E-state index contributed by atoms with van der Waals surface area (Å²) in [5.74, 6) is 0.569. The number of nitrogens with one attached hydrogen (secondary N) is 1. The molecule has 0 fully saturated rings. The first-order chi connectivity index (χ1) is 9.33. The lowest BCUT2D eigenvalue weighted by molar-refractivity contribution is 1.03. The van der Waals surface area contributed by atoms with E-state index in [0.29, 0.717) is 5.82 Å². The average molecular weight is 270 g/mol. The SMILES string of the molecule is Nc1cc(NCCc2cccc3cccnc23)sn1. The van der Waals surface area contributed by atoms with Crippen LogP contribution in [0.25, 0.3) is 10.9 Å². The fraction of sp³-hybridized carbons (Fsp3) is 0.143. The zero-order valence-corrected chi connectivity index (χ0v) is 11.2. The summed E-state index contributed by atoms with van der Waals surface area (Å²) in [7, 11) is 0. The summed E-state index contributed by atoms with van der Waals surface area (Å²) in [6, 6.07) is 12.2. The van der Waals surface area contributed by atoms with Crippen LogP contribution in [0.2, 0.25) is 0 Å². The zero-order chi connectivity index (χ0) is 13.1. The lowest BCUT2D eigenvalue weighted by Crippen LogP contribution is -2.04. The van der Waals surface area contributed by atoms with Crippen LogP contribution in [0.5, 0.6) is 0 Å². The number of nitrogens with zero attached hydrogens (tertiary/aromatic N) is 2. The van der Waals surface area contributed by atoms with E-state index in [2.05, 4.69) is 38.9 Å². The predicted molar refractivity (Wildman–Crippen MR) is 80.5 cm³/mol. The van der Waals surface area contributed by atoms with Gasteiger partial charge in [-0.3, -0.25) is 4.98 Å². The first-order valence-electron chi connectivity index (χ1n) is 6.11. The first-order valence-corrected chi connectivity index (χ1v) is 6.89. The minimum absolute atomic E-state index is 0.569. The third kappa shape index (κ3) is 2.66. The standard InChI is InChI=1S/C14H14N4S/c15-12-9-13(19-18-12)16-8-6-11-4-1-3-10-5-2-7-17-14(10)11/h1-5,7,9,16H,6,8H2,(H2,15,18). The first kappa shape index (κ1) is 11.9. The molecule has 0 aliphatic rings. The van der Waals surface area contributed by atoms with Gasteiger partial charge in [-0.1, -0.05) is 24.3 Å². The number of anilines is 2. The van der Waals surface area contributed by atoms with Crippen molar-refractivity contribution in [1.29, 1.82) is 0 Å². The van der Waals surface area contributed by atoms with Gasteiger partial charge in [0.05, 0.1) is 5.52 Å². The highest BCUT2D eigenvalue weighted by atomic mass is 32.1. The molecule has 0 bridgehead atoms. The minimum Gasteiger partial charge on any atom is -0.383 e. The Balaban J connectivity index is 1.71. The second-order valence-corrected chi connectivity index (χ2v) is 5.09. The van der Waals surface area contributed by atoms with E-state index < -0.39 is 0 Å². The maximum atomic E-state index is 5.59. The van der Waals surface area contributed by atoms with Crippen molar-refractivity contribution in [2.75, 3.05) is 17.6 Å². The molecule has 96 valence electrons. The van der Waals surface area contributed by atoms with E-state index >= 15 is 0 Å². The maximum absolute atomic E-state index is 5.59. The molecule has 5 heteroatoms. The number of rotatable bonds is 4. The monoisotopic (exact) mass is 270 g/mol. The van der Waals surface area contributed by atoms with E-state index in [1.54, 1.807) is 0 Å². The van der Waals surface area contributed by atoms with Crippen molar-refractivity contribution in [2.45, 2.75) is 6.42 Å². The molecule has 4 nitrogen and oxygen atoms in total. The Bertz CT molecular complexity index is 687. The van der Waals surface area contributed by atoms with Gasteiger partial charge in [-0.15, -0.1) is 0 Å². The number of hydrogen-bond acceptors (Lipinski definition) is 5. The van der Waals surface area contributed by atoms with E-state index in [1.165, 1.54) is 22.5 Å². The average Bonchev–Trinajstić information content (AvgIpc) is 2.85. The second kappa shape index (κ2) is 5.24. The summed E-state index contributed by atoms with van der Waals surface area (Å²) in [6.45, 7) is 0.845. The fourth-order valence-corrected chi connectivity index (χ4v) is 2.66. The lowest BCUT2D eigenvalue weighted by Gasteiger charge is -2.06. The molecular formula is C14H14N4S. The van der Waals surface area contributed by atoms with Gasteiger partial charge in [0.2, 0.25) is 0 Å². The van der Waals surface area contributed by atoms with Crippen LogP contribution in [0.1, 0.15) is 5.56 Å². The third-order valence-corrected chi connectivity index (χ3v) is 3.70. The van der Waals surface area contributed by atoms with Gasteiger partial charge in [0.25, 0.3) is 0 Å². The Hall–Kier alpha value is -2.14. The van der Waals surface area contributed by atoms with Crippen molar-refractivity contribution in [3.05, 3.63) is 48.2 Å². The Labute approximate surface area is 115 Å². The second-order valence-electron chi connectivity index (χ2n) is 4.29. The van der Waals surface area contributed by atoms with E-state index in [0.717, 1.165) is 23.5 Å². The van der Waals surface area contributed by atoms with E-state index in [1.807, 2.05) is 18.3 Å². The van der Waals surface area contributed by atoms with Gasteiger partial charge in [-0.05, 0) is 29.6 Å². The van der Waals surface area contributed by atoms with Crippen LogP contribution in [0.15, 0.2) is 42.6 Å². The number of nitrogen functional groups attached to an aromatic ring is 1. The molecule has 3 N–H and O–H groups in total. The summed E-state index contributed by atoms with van der Waals surface area (Å²) in [5.41, 5.74) is 7.92. The number of benzene rings is 1. The zero-order valence-electron chi connectivity index (χ0n) is 10.3. The van der Waals surface area contributed by atoms with Gasteiger partial charge in [0.1, 0.15) is 10.8 Å². The van der Waals surface area contributed by atoms with Crippen molar-refractivity contribution < 1.29 is 0 Å². The van der Waals surface area contributed by atoms with Crippen molar-refractivity contribution in [2.24, 2.45) is 0 Å². The molecule has 2 heterocycles. The van der Waals surface area contributed by atoms with E-state index in [9.17, 15) is 0 Å². The predicted octanol–water partition coefficient (Wildman–Crippen LogP) is 2.93. The van der Waals surface area contributed by atoms with Crippen LogP contribution in [0.3, 0.4) is 0 Å². The third-order valence-electron chi connectivity index (χ3n) is 2.94. The molecule has 19 heavy (non-hydrogen) atoms. The Kier molecular flexibility index (Phi) is 3.29. The van der Waals surface area contributed by atoms with Crippen LogP contribution in [0.4, 0.5) is 10.8 Å². The minimum atomic E-state index is 0.569. The molecular weight excluding hydrogens is 256 g/mol. The number of pyridine rings is 1. The quantitative estimate of drug-likeness (QED) is 0.765. The number of hydrogen-bond donors (Lipinski definition) is 2. The Morgan fingerprint density at radius 2 is 2.11 bits per heavy atom. The topological polar surface area (TPSA) is 63.8 Å². The van der Waals surface area contributed by atoms with Crippen molar-refractivity contribution in [3.8, 4) is 0 Å². The van der Waals surface area contributed by atoms with Crippen LogP contribution < -0.4 is 11.1 Å². The van der Waals surface area contributed by atoms with Gasteiger partial charge < -0.3 is 11.1 Å². The summed E-state index contributed by atoms with van der Waals surface area (Å²) in [6.07, 6.45) is 2.76. The molecule has 2 aromatic heterocycles. The van der Waals surface area contributed by atoms with Gasteiger partial charge in [0, 0.05) is 24.2 Å². The van der Waals surface area contributed by atoms with Crippen LogP contribution in [-0.4, -0.2) is 15.9 Å². The highest BCUT2D eigenvalue weighted by Crippen LogP contribution is 2.19. The van der Waals surface area contributed by atoms with Gasteiger partial charge >= 0.3 is 0 Å². The molecule has 3 rings (SSSR count). The molecule has 0 saturated heterocycles. The largest absolute Gasteiger partial charge is 0.383 e.